The quantitative estimate of drug-likeness (QED) is 0.486. The number of hydrogen-bond acceptors (Lipinski definition) is 6. The summed E-state index contributed by atoms with van der Waals surface area (Å²) in [5.41, 5.74) is 0.680. The Hall–Kier alpha value is -3.11. The summed E-state index contributed by atoms with van der Waals surface area (Å²) < 4.78 is 45.4. The van der Waals surface area contributed by atoms with Crippen molar-refractivity contribution in [2.75, 3.05) is 18.4 Å². The van der Waals surface area contributed by atoms with Crippen LogP contribution in [-0.4, -0.2) is 49.6 Å². The first-order valence-electron chi connectivity index (χ1n) is 10.5. The SMILES string of the molecule is CC(=O)c1cccc(S(=O)(=O)N2CCC(C(=O)O[C@@H](C)C(=O)Nc3ccc(F)cc3)CC2)c1. The van der Waals surface area contributed by atoms with E-state index in [-0.39, 0.29) is 36.6 Å². The van der Waals surface area contributed by atoms with Crippen molar-refractivity contribution in [1.82, 2.24) is 4.31 Å². The second-order valence-electron chi connectivity index (χ2n) is 7.84. The number of anilines is 1. The summed E-state index contributed by atoms with van der Waals surface area (Å²) in [7, 11) is -3.80. The maximum Gasteiger partial charge on any atom is 0.309 e. The average molecular weight is 477 g/mol. The highest BCUT2D eigenvalue weighted by molar-refractivity contribution is 7.89. The molecule has 1 aliphatic rings. The lowest BCUT2D eigenvalue weighted by atomic mass is 9.98. The van der Waals surface area contributed by atoms with Gasteiger partial charge in [-0.2, -0.15) is 4.31 Å². The number of rotatable bonds is 7. The number of ether oxygens (including phenoxy) is 1. The molecule has 0 aromatic heterocycles. The number of ketones is 1. The van der Waals surface area contributed by atoms with Crippen LogP contribution in [0.5, 0.6) is 0 Å². The van der Waals surface area contributed by atoms with Crippen LogP contribution in [0.3, 0.4) is 0 Å². The van der Waals surface area contributed by atoms with Crippen molar-refractivity contribution in [3.8, 4) is 0 Å². The molecule has 1 saturated heterocycles. The molecule has 1 aliphatic heterocycles. The molecule has 1 amide bonds. The van der Waals surface area contributed by atoms with Gasteiger partial charge in [-0.1, -0.05) is 12.1 Å². The minimum Gasteiger partial charge on any atom is -0.452 e. The minimum atomic E-state index is -3.80. The van der Waals surface area contributed by atoms with Gasteiger partial charge in [0.2, 0.25) is 10.0 Å². The molecule has 2 aromatic rings. The predicted molar refractivity (Wildman–Crippen MR) is 119 cm³/mol. The molecule has 10 heteroatoms. The Kier molecular flexibility index (Phi) is 7.60. The van der Waals surface area contributed by atoms with Crippen molar-refractivity contribution in [2.24, 2.45) is 5.92 Å². The Balaban J connectivity index is 1.55. The Morgan fingerprint density at radius 3 is 2.33 bits per heavy atom. The number of sulfonamides is 1. The normalized spacial score (nSPS) is 16.1. The lowest BCUT2D eigenvalue weighted by Crippen LogP contribution is -2.41. The summed E-state index contributed by atoms with van der Waals surface area (Å²) >= 11 is 0. The zero-order valence-electron chi connectivity index (χ0n) is 18.3. The first-order chi connectivity index (χ1) is 15.6. The van der Waals surface area contributed by atoms with Crippen LogP contribution < -0.4 is 5.32 Å². The van der Waals surface area contributed by atoms with Crippen molar-refractivity contribution >= 4 is 33.4 Å². The summed E-state index contributed by atoms with van der Waals surface area (Å²) in [5.74, 6) is -2.34. The largest absolute Gasteiger partial charge is 0.452 e. The van der Waals surface area contributed by atoms with E-state index in [1.807, 2.05) is 0 Å². The highest BCUT2D eigenvalue weighted by Gasteiger charge is 2.34. The molecule has 176 valence electrons. The fraction of sp³-hybridized carbons (Fsp3) is 0.348. The van der Waals surface area contributed by atoms with Crippen LogP contribution in [0.4, 0.5) is 10.1 Å². The molecule has 3 rings (SSSR count). The van der Waals surface area contributed by atoms with Crippen LogP contribution in [0.15, 0.2) is 53.4 Å². The van der Waals surface area contributed by atoms with E-state index in [0.717, 1.165) is 0 Å². The van der Waals surface area contributed by atoms with E-state index >= 15 is 0 Å². The van der Waals surface area contributed by atoms with Crippen molar-refractivity contribution in [1.29, 1.82) is 0 Å². The van der Waals surface area contributed by atoms with Gasteiger partial charge in [0, 0.05) is 24.3 Å². The van der Waals surface area contributed by atoms with Gasteiger partial charge in [0.15, 0.2) is 11.9 Å². The van der Waals surface area contributed by atoms with Crippen LogP contribution in [0.25, 0.3) is 0 Å². The Morgan fingerprint density at radius 1 is 1.09 bits per heavy atom. The van der Waals surface area contributed by atoms with Crippen LogP contribution in [0, 0.1) is 11.7 Å². The summed E-state index contributed by atoms with van der Waals surface area (Å²) in [5, 5.41) is 2.54. The third-order valence-corrected chi connectivity index (χ3v) is 7.33. The number of nitrogens with zero attached hydrogens (tertiary/aromatic N) is 1. The minimum absolute atomic E-state index is 0.0299. The zero-order chi connectivity index (χ0) is 24.2. The molecular formula is C23H25FN2O6S. The molecular weight excluding hydrogens is 451 g/mol. The molecule has 33 heavy (non-hydrogen) atoms. The molecule has 2 aromatic carbocycles. The number of esters is 1. The summed E-state index contributed by atoms with van der Waals surface area (Å²) in [6.45, 7) is 3.02. The van der Waals surface area contributed by atoms with Gasteiger partial charge in [0.1, 0.15) is 5.82 Å². The van der Waals surface area contributed by atoms with E-state index < -0.39 is 39.7 Å². The lowest BCUT2D eigenvalue weighted by Gasteiger charge is -2.30. The Labute approximate surface area is 191 Å². The van der Waals surface area contributed by atoms with Crippen LogP contribution in [-0.2, 0) is 24.3 Å². The standard InChI is InChI=1S/C23H25FN2O6S/c1-15(27)18-4-3-5-21(14-18)33(30,31)26-12-10-17(11-13-26)23(29)32-16(2)22(28)25-20-8-6-19(24)7-9-20/h3-9,14,16-17H,10-13H2,1-2H3,(H,25,28)/t16-/m0/s1. The number of benzene rings is 2. The van der Waals surface area contributed by atoms with Gasteiger partial charge in [-0.05, 0) is 63.1 Å². The first kappa shape index (κ1) is 24.5. The summed E-state index contributed by atoms with van der Waals surface area (Å²) in [6, 6.07) is 11.0. The number of carbonyl (C=O) groups excluding carboxylic acids is 3. The third kappa shape index (κ3) is 6.02. The maximum absolute atomic E-state index is 13.0. The summed E-state index contributed by atoms with van der Waals surface area (Å²) in [6.07, 6.45) is -0.577. The molecule has 1 heterocycles. The number of nitrogens with one attached hydrogen (secondary N) is 1. The van der Waals surface area contributed by atoms with E-state index in [4.69, 9.17) is 4.74 Å². The van der Waals surface area contributed by atoms with E-state index in [0.29, 0.717) is 11.3 Å². The van der Waals surface area contributed by atoms with Crippen molar-refractivity contribution in [2.45, 2.75) is 37.7 Å². The number of piperidine rings is 1. The van der Waals surface area contributed by atoms with Gasteiger partial charge in [-0.15, -0.1) is 0 Å². The van der Waals surface area contributed by atoms with Crippen molar-refractivity contribution in [3.63, 3.8) is 0 Å². The van der Waals surface area contributed by atoms with Gasteiger partial charge >= 0.3 is 5.97 Å². The second-order valence-corrected chi connectivity index (χ2v) is 9.78. The van der Waals surface area contributed by atoms with Gasteiger partial charge in [-0.25, -0.2) is 12.8 Å². The molecule has 8 nitrogen and oxygen atoms in total. The number of carbonyl (C=O) groups is 3. The topological polar surface area (TPSA) is 110 Å². The monoisotopic (exact) mass is 476 g/mol. The molecule has 1 N–H and O–H groups in total. The van der Waals surface area contributed by atoms with E-state index in [1.54, 1.807) is 6.07 Å². The van der Waals surface area contributed by atoms with Crippen LogP contribution >= 0.6 is 0 Å². The van der Waals surface area contributed by atoms with Gasteiger partial charge in [0.25, 0.3) is 5.91 Å². The second kappa shape index (κ2) is 10.2. The van der Waals surface area contributed by atoms with E-state index in [1.165, 1.54) is 60.6 Å². The lowest BCUT2D eigenvalue weighted by molar-refractivity contribution is -0.158. The van der Waals surface area contributed by atoms with Gasteiger partial charge in [0.05, 0.1) is 10.8 Å². The average Bonchev–Trinajstić information content (AvgIpc) is 2.80. The van der Waals surface area contributed by atoms with Crippen molar-refractivity contribution < 1.29 is 31.9 Å². The number of Topliss-reactive ketones (excluding diaryl/α,β-unsaturated/α-hetero) is 1. The number of hydrogen-bond donors (Lipinski definition) is 1. The molecule has 1 atom stereocenters. The first-order valence-corrected chi connectivity index (χ1v) is 11.9. The molecule has 0 aliphatic carbocycles. The van der Waals surface area contributed by atoms with Gasteiger partial charge in [-0.3, -0.25) is 14.4 Å². The fourth-order valence-electron chi connectivity index (χ4n) is 3.46. The van der Waals surface area contributed by atoms with Crippen LogP contribution in [0.2, 0.25) is 0 Å². The smallest absolute Gasteiger partial charge is 0.309 e. The highest BCUT2D eigenvalue weighted by Crippen LogP contribution is 2.25. The fourth-order valence-corrected chi connectivity index (χ4v) is 4.97. The number of amides is 1. The Bertz CT molecular complexity index is 1140. The molecule has 0 saturated carbocycles. The Morgan fingerprint density at radius 2 is 1.73 bits per heavy atom. The molecule has 0 bridgehead atoms. The van der Waals surface area contributed by atoms with E-state index in [9.17, 15) is 27.2 Å². The summed E-state index contributed by atoms with van der Waals surface area (Å²) in [4.78, 5) is 36.3. The van der Waals surface area contributed by atoms with Crippen molar-refractivity contribution in [3.05, 3.63) is 59.9 Å². The van der Waals surface area contributed by atoms with Gasteiger partial charge < -0.3 is 10.1 Å². The van der Waals surface area contributed by atoms with Crippen LogP contribution in [0.1, 0.15) is 37.0 Å². The molecule has 1 fully saturated rings. The predicted octanol–water partition coefficient (Wildman–Crippen LogP) is 3.00. The number of halogens is 1. The highest BCUT2D eigenvalue weighted by atomic mass is 32.2. The molecule has 0 unspecified atom stereocenters. The molecule has 0 spiro atoms. The maximum atomic E-state index is 13.0. The zero-order valence-corrected chi connectivity index (χ0v) is 19.1. The van der Waals surface area contributed by atoms with E-state index in [2.05, 4.69) is 5.32 Å². The molecule has 0 radical (unpaired) electrons. The third-order valence-electron chi connectivity index (χ3n) is 5.44.